The molecule has 140 valence electrons. The largest absolute Gasteiger partial charge is 0.489 e. The number of benzene rings is 1. The van der Waals surface area contributed by atoms with E-state index in [0.717, 1.165) is 55.7 Å². The zero-order chi connectivity index (χ0) is 16.9. The quantitative estimate of drug-likeness (QED) is 0.806. The number of rotatable bonds is 6. The number of carbonyl (C=O) groups excluding carboxylic acids is 1. The third-order valence-corrected chi connectivity index (χ3v) is 5.03. The summed E-state index contributed by atoms with van der Waals surface area (Å²) < 4.78 is 11.5. The number of carbonyl (C=O) groups is 1. The first kappa shape index (κ1) is 20.0. The van der Waals surface area contributed by atoms with Crippen molar-refractivity contribution in [3.05, 3.63) is 23.8 Å². The van der Waals surface area contributed by atoms with Crippen molar-refractivity contribution in [3.63, 3.8) is 0 Å². The molecule has 1 aromatic carbocycles. The van der Waals surface area contributed by atoms with Crippen molar-refractivity contribution >= 4 is 24.0 Å². The predicted molar refractivity (Wildman–Crippen MR) is 101 cm³/mol. The molecule has 1 unspecified atom stereocenters. The lowest BCUT2D eigenvalue weighted by Gasteiger charge is -2.18. The van der Waals surface area contributed by atoms with Gasteiger partial charge in [0, 0.05) is 19.1 Å². The molecule has 3 N–H and O–H groups in total. The first-order valence-electron chi connectivity index (χ1n) is 9.02. The number of ether oxygens (including phenoxy) is 2. The van der Waals surface area contributed by atoms with Crippen LogP contribution in [0.3, 0.4) is 0 Å². The molecule has 3 rings (SSSR count). The second-order valence-corrected chi connectivity index (χ2v) is 7.05. The van der Waals surface area contributed by atoms with Gasteiger partial charge in [0.05, 0.1) is 11.8 Å². The number of halogens is 1. The van der Waals surface area contributed by atoms with Crippen molar-refractivity contribution < 1.29 is 14.3 Å². The Morgan fingerprint density at radius 1 is 1.32 bits per heavy atom. The van der Waals surface area contributed by atoms with Crippen molar-refractivity contribution in [1.82, 2.24) is 0 Å². The molecule has 1 aliphatic carbocycles. The van der Waals surface area contributed by atoms with Gasteiger partial charge in [-0.05, 0) is 56.2 Å². The van der Waals surface area contributed by atoms with Crippen LogP contribution >= 0.6 is 12.4 Å². The van der Waals surface area contributed by atoms with Crippen LogP contribution in [-0.4, -0.2) is 31.3 Å². The van der Waals surface area contributed by atoms with Gasteiger partial charge in [-0.3, -0.25) is 4.79 Å². The summed E-state index contributed by atoms with van der Waals surface area (Å²) in [5, 5.41) is 3.00. The normalized spacial score (nSPS) is 25.4. The minimum Gasteiger partial charge on any atom is -0.489 e. The molecule has 1 saturated carbocycles. The fourth-order valence-electron chi connectivity index (χ4n) is 3.57. The average molecular weight is 369 g/mol. The van der Waals surface area contributed by atoms with E-state index >= 15 is 0 Å². The van der Waals surface area contributed by atoms with E-state index in [9.17, 15) is 4.79 Å². The van der Waals surface area contributed by atoms with Crippen molar-refractivity contribution in [3.8, 4) is 5.75 Å². The highest BCUT2D eigenvalue weighted by Gasteiger charge is 2.26. The van der Waals surface area contributed by atoms with Gasteiger partial charge in [-0.25, -0.2) is 0 Å². The summed E-state index contributed by atoms with van der Waals surface area (Å²) in [5.41, 5.74) is 7.91. The Balaban J connectivity index is 0.00000225. The number of anilines is 1. The highest BCUT2D eigenvalue weighted by molar-refractivity contribution is 5.92. The lowest BCUT2D eigenvalue weighted by Crippen LogP contribution is -2.28. The Morgan fingerprint density at radius 2 is 2.16 bits per heavy atom. The van der Waals surface area contributed by atoms with Crippen LogP contribution in [-0.2, 0) is 9.53 Å². The molecule has 25 heavy (non-hydrogen) atoms. The van der Waals surface area contributed by atoms with Crippen LogP contribution in [0, 0.1) is 12.8 Å². The van der Waals surface area contributed by atoms with Crippen molar-refractivity contribution in [2.24, 2.45) is 11.7 Å². The summed E-state index contributed by atoms with van der Waals surface area (Å²) in [6.45, 7) is 3.36. The maximum absolute atomic E-state index is 12.4. The molecular weight excluding hydrogens is 340 g/mol. The zero-order valence-corrected chi connectivity index (χ0v) is 15.6. The highest BCUT2D eigenvalue weighted by atomic mass is 35.5. The van der Waals surface area contributed by atoms with Crippen LogP contribution in [0.5, 0.6) is 5.75 Å². The molecule has 1 aromatic rings. The number of hydrogen-bond acceptors (Lipinski definition) is 4. The van der Waals surface area contributed by atoms with E-state index in [4.69, 9.17) is 15.2 Å². The SMILES string of the molecule is Cc1ccc(NC(=O)C[C@@H]2CCC[C@H]2N)c(OCC2CCCO2)c1.Cl. The van der Waals surface area contributed by atoms with Gasteiger partial charge >= 0.3 is 0 Å². The highest BCUT2D eigenvalue weighted by Crippen LogP contribution is 2.30. The monoisotopic (exact) mass is 368 g/mol. The molecule has 2 aliphatic rings. The molecule has 1 amide bonds. The van der Waals surface area contributed by atoms with Gasteiger partial charge in [-0.15, -0.1) is 12.4 Å². The maximum Gasteiger partial charge on any atom is 0.224 e. The van der Waals surface area contributed by atoms with Gasteiger partial charge in [-0.2, -0.15) is 0 Å². The van der Waals surface area contributed by atoms with Crippen LogP contribution in [0.25, 0.3) is 0 Å². The second kappa shape index (κ2) is 9.41. The molecule has 0 spiro atoms. The first-order chi connectivity index (χ1) is 11.6. The molecular formula is C19H29ClN2O3. The summed E-state index contributed by atoms with van der Waals surface area (Å²) >= 11 is 0. The Hall–Kier alpha value is -1.30. The Labute approximate surface area is 156 Å². The molecule has 6 heteroatoms. The van der Waals surface area contributed by atoms with Gasteiger partial charge in [0.1, 0.15) is 12.4 Å². The van der Waals surface area contributed by atoms with Crippen LogP contribution in [0.15, 0.2) is 18.2 Å². The molecule has 0 radical (unpaired) electrons. The molecule has 1 heterocycles. The minimum absolute atomic E-state index is 0. The lowest BCUT2D eigenvalue weighted by atomic mass is 10.00. The number of amides is 1. The molecule has 0 aromatic heterocycles. The van der Waals surface area contributed by atoms with E-state index in [1.807, 2.05) is 25.1 Å². The Bertz CT molecular complexity index is 576. The van der Waals surface area contributed by atoms with Crippen molar-refractivity contribution in [2.45, 2.75) is 57.6 Å². The third kappa shape index (κ3) is 5.59. The van der Waals surface area contributed by atoms with Gasteiger partial charge < -0.3 is 20.5 Å². The van der Waals surface area contributed by atoms with Crippen LogP contribution in [0.1, 0.15) is 44.1 Å². The number of nitrogens with two attached hydrogens (primary N) is 1. The second-order valence-electron chi connectivity index (χ2n) is 7.05. The van der Waals surface area contributed by atoms with Crippen molar-refractivity contribution in [1.29, 1.82) is 0 Å². The van der Waals surface area contributed by atoms with E-state index in [1.54, 1.807) is 0 Å². The van der Waals surface area contributed by atoms with Gasteiger partial charge in [0.15, 0.2) is 0 Å². The van der Waals surface area contributed by atoms with Gasteiger partial charge in [0.25, 0.3) is 0 Å². The Morgan fingerprint density at radius 3 is 2.84 bits per heavy atom. The van der Waals surface area contributed by atoms with E-state index in [1.165, 1.54) is 0 Å². The number of aryl methyl sites for hydroxylation is 1. The zero-order valence-electron chi connectivity index (χ0n) is 14.8. The predicted octanol–water partition coefficient (Wildman–Crippen LogP) is 3.43. The summed E-state index contributed by atoms with van der Waals surface area (Å²) in [6.07, 6.45) is 5.97. The smallest absolute Gasteiger partial charge is 0.224 e. The Kier molecular flexibility index (Phi) is 7.54. The lowest BCUT2D eigenvalue weighted by molar-refractivity contribution is -0.117. The standard InChI is InChI=1S/C19H28N2O3.ClH/c1-13-7-8-17(18(10-13)24-12-15-5-3-9-23-15)21-19(22)11-14-4-2-6-16(14)20;/h7-8,10,14-16H,2-6,9,11-12,20H2,1H3,(H,21,22);1H/t14-,15?,16+;/m0./s1. The number of hydrogen-bond donors (Lipinski definition) is 2. The van der Waals surface area contributed by atoms with Crippen molar-refractivity contribution in [2.75, 3.05) is 18.5 Å². The van der Waals surface area contributed by atoms with Gasteiger partial charge in [0.2, 0.25) is 5.91 Å². The molecule has 5 nitrogen and oxygen atoms in total. The summed E-state index contributed by atoms with van der Waals surface area (Å²) in [5.74, 6) is 1.03. The first-order valence-corrected chi connectivity index (χ1v) is 9.02. The minimum atomic E-state index is 0. The third-order valence-electron chi connectivity index (χ3n) is 5.03. The molecule has 0 bridgehead atoms. The summed E-state index contributed by atoms with van der Waals surface area (Å²) in [6, 6.07) is 6.01. The molecule has 1 saturated heterocycles. The summed E-state index contributed by atoms with van der Waals surface area (Å²) in [7, 11) is 0. The average Bonchev–Trinajstić information content (AvgIpc) is 3.20. The van der Waals surface area contributed by atoms with E-state index < -0.39 is 0 Å². The van der Waals surface area contributed by atoms with Crippen LogP contribution in [0.4, 0.5) is 5.69 Å². The van der Waals surface area contributed by atoms with Crippen LogP contribution in [0.2, 0.25) is 0 Å². The van der Waals surface area contributed by atoms with E-state index in [0.29, 0.717) is 18.9 Å². The number of nitrogens with one attached hydrogen (secondary N) is 1. The fraction of sp³-hybridized carbons (Fsp3) is 0.632. The summed E-state index contributed by atoms with van der Waals surface area (Å²) in [4.78, 5) is 12.4. The van der Waals surface area contributed by atoms with E-state index in [2.05, 4.69) is 5.32 Å². The topological polar surface area (TPSA) is 73.6 Å². The molecule has 3 atom stereocenters. The van der Waals surface area contributed by atoms with Crippen LogP contribution < -0.4 is 15.8 Å². The molecule has 1 aliphatic heterocycles. The van der Waals surface area contributed by atoms with E-state index in [-0.39, 0.29) is 30.5 Å². The van der Waals surface area contributed by atoms with Gasteiger partial charge in [-0.1, -0.05) is 12.5 Å². The molecule has 2 fully saturated rings. The fourth-order valence-corrected chi connectivity index (χ4v) is 3.57. The maximum atomic E-state index is 12.4.